The molecule has 0 aliphatic carbocycles. The van der Waals surface area contributed by atoms with Gasteiger partial charge in [0, 0.05) is 25.0 Å². The summed E-state index contributed by atoms with van der Waals surface area (Å²) in [4.78, 5) is 38.2. The Morgan fingerprint density at radius 1 is 1.35 bits per heavy atom. The second kappa shape index (κ2) is 8.08. The molecule has 1 aliphatic heterocycles. The molecule has 2 rings (SSSR count). The number of carboxylic acid groups (broad SMARTS) is 1. The minimum Gasteiger partial charge on any atom is -0.481 e. The molecule has 7 heteroatoms. The highest BCUT2D eigenvalue weighted by atomic mass is 35.5. The fourth-order valence-corrected chi connectivity index (χ4v) is 3.72. The number of nitrogens with one attached hydrogen (secondary N) is 1. The summed E-state index contributed by atoms with van der Waals surface area (Å²) in [5, 5.41) is 12.8. The second-order valence-corrected chi connectivity index (χ2v) is 7.26. The molecule has 2 amide bonds. The van der Waals surface area contributed by atoms with Crippen molar-refractivity contribution in [1.29, 1.82) is 0 Å². The summed E-state index contributed by atoms with van der Waals surface area (Å²) in [7, 11) is 1.67. The maximum absolute atomic E-state index is 12.8. The fraction of sp³-hybridized carbons (Fsp3) is 0.526. The fourth-order valence-electron chi connectivity index (χ4n) is 3.52. The Kier molecular flexibility index (Phi) is 6.29. The van der Waals surface area contributed by atoms with Crippen LogP contribution in [0.15, 0.2) is 24.3 Å². The molecule has 1 heterocycles. The lowest BCUT2D eigenvalue weighted by Gasteiger charge is -2.29. The van der Waals surface area contributed by atoms with Crippen molar-refractivity contribution in [2.24, 2.45) is 11.3 Å². The molecular formula is C19H25ClN2O4. The SMILES string of the molecule is CCC(CC)(CNC(=O)[C@@H]1CC(=O)N(C)[C@H]1c1cccc(Cl)c1)C(=O)O. The van der Waals surface area contributed by atoms with Gasteiger partial charge in [0.05, 0.1) is 17.4 Å². The number of carbonyl (C=O) groups is 3. The first-order chi connectivity index (χ1) is 12.3. The largest absolute Gasteiger partial charge is 0.481 e. The van der Waals surface area contributed by atoms with E-state index < -0.39 is 23.3 Å². The van der Waals surface area contributed by atoms with Crippen molar-refractivity contribution in [2.75, 3.05) is 13.6 Å². The predicted octanol–water partition coefficient (Wildman–Crippen LogP) is 2.87. The molecule has 0 unspecified atom stereocenters. The normalized spacial score (nSPS) is 20.3. The van der Waals surface area contributed by atoms with Crippen molar-refractivity contribution in [3.63, 3.8) is 0 Å². The summed E-state index contributed by atoms with van der Waals surface area (Å²) < 4.78 is 0. The predicted molar refractivity (Wildman–Crippen MR) is 98.7 cm³/mol. The molecule has 0 spiro atoms. The third-order valence-electron chi connectivity index (χ3n) is 5.52. The Hall–Kier alpha value is -2.08. The van der Waals surface area contributed by atoms with E-state index in [9.17, 15) is 19.5 Å². The van der Waals surface area contributed by atoms with Gasteiger partial charge < -0.3 is 15.3 Å². The molecule has 1 aromatic rings. The number of amides is 2. The molecular weight excluding hydrogens is 356 g/mol. The third kappa shape index (κ3) is 3.85. The van der Waals surface area contributed by atoms with E-state index >= 15 is 0 Å². The summed E-state index contributed by atoms with van der Waals surface area (Å²) in [5.41, 5.74) is -0.197. The van der Waals surface area contributed by atoms with Crippen molar-refractivity contribution in [2.45, 2.75) is 39.2 Å². The molecule has 1 aliphatic rings. The Labute approximate surface area is 158 Å². The van der Waals surface area contributed by atoms with Gasteiger partial charge in [-0.05, 0) is 30.5 Å². The molecule has 0 bridgehead atoms. The van der Waals surface area contributed by atoms with Gasteiger partial charge in [-0.1, -0.05) is 37.6 Å². The first-order valence-corrected chi connectivity index (χ1v) is 9.15. The first kappa shape index (κ1) is 20.2. The standard InChI is InChI=1S/C19H25ClN2O4/c1-4-19(5-2,18(25)26)11-21-17(24)14-10-15(23)22(3)16(14)12-7-6-8-13(20)9-12/h6-9,14,16H,4-5,10-11H2,1-3H3,(H,21,24)(H,25,26)/t14-,16+/m1/s1. The van der Waals surface area contributed by atoms with Crippen LogP contribution in [0.4, 0.5) is 0 Å². The minimum absolute atomic E-state index is 0.0465. The summed E-state index contributed by atoms with van der Waals surface area (Å²) in [6.45, 7) is 3.64. The molecule has 6 nitrogen and oxygen atoms in total. The van der Waals surface area contributed by atoms with Crippen molar-refractivity contribution in [1.82, 2.24) is 10.2 Å². The number of hydrogen-bond acceptors (Lipinski definition) is 3. The monoisotopic (exact) mass is 380 g/mol. The van der Waals surface area contributed by atoms with E-state index in [2.05, 4.69) is 5.32 Å². The van der Waals surface area contributed by atoms with E-state index in [0.29, 0.717) is 17.9 Å². The summed E-state index contributed by atoms with van der Waals surface area (Å²) >= 11 is 6.06. The van der Waals surface area contributed by atoms with Gasteiger partial charge in [0.15, 0.2) is 0 Å². The average molecular weight is 381 g/mol. The zero-order valence-corrected chi connectivity index (χ0v) is 16.0. The van der Waals surface area contributed by atoms with Crippen LogP contribution in [0.25, 0.3) is 0 Å². The molecule has 1 aromatic carbocycles. The van der Waals surface area contributed by atoms with Crippen LogP contribution < -0.4 is 5.32 Å². The van der Waals surface area contributed by atoms with Crippen LogP contribution in [0.2, 0.25) is 5.02 Å². The van der Waals surface area contributed by atoms with Crippen molar-refractivity contribution >= 4 is 29.4 Å². The van der Waals surface area contributed by atoms with Gasteiger partial charge in [-0.15, -0.1) is 0 Å². The molecule has 2 atom stereocenters. The Morgan fingerprint density at radius 2 is 2.00 bits per heavy atom. The number of nitrogens with zero attached hydrogens (tertiary/aromatic N) is 1. The van der Waals surface area contributed by atoms with Crippen LogP contribution in [-0.4, -0.2) is 41.4 Å². The zero-order chi connectivity index (χ0) is 19.5. The quantitative estimate of drug-likeness (QED) is 0.761. The van der Waals surface area contributed by atoms with Gasteiger partial charge in [-0.25, -0.2) is 0 Å². The third-order valence-corrected chi connectivity index (χ3v) is 5.76. The van der Waals surface area contributed by atoms with Crippen LogP contribution in [0.3, 0.4) is 0 Å². The number of carbonyl (C=O) groups excluding carboxylic acids is 2. The van der Waals surface area contributed by atoms with Crippen molar-refractivity contribution < 1.29 is 19.5 Å². The van der Waals surface area contributed by atoms with Gasteiger partial charge in [0.25, 0.3) is 0 Å². The van der Waals surface area contributed by atoms with E-state index in [1.807, 2.05) is 6.07 Å². The molecule has 0 aromatic heterocycles. The molecule has 0 radical (unpaired) electrons. The number of benzene rings is 1. The Balaban J connectivity index is 2.21. The van der Waals surface area contributed by atoms with Crippen LogP contribution in [0, 0.1) is 11.3 Å². The van der Waals surface area contributed by atoms with Crippen LogP contribution in [0.5, 0.6) is 0 Å². The van der Waals surface area contributed by atoms with E-state index in [1.165, 1.54) is 0 Å². The first-order valence-electron chi connectivity index (χ1n) is 8.78. The molecule has 142 valence electrons. The highest BCUT2D eigenvalue weighted by Gasteiger charge is 2.44. The summed E-state index contributed by atoms with van der Waals surface area (Å²) in [6.07, 6.45) is 0.929. The van der Waals surface area contributed by atoms with Gasteiger partial charge in [-0.2, -0.15) is 0 Å². The number of halogens is 1. The highest BCUT2D eigenvalue weighted by molar-refractivity contribution is 6.30. The van der Waals surface area contributed by atoms with E-state index in [0.717, 1.165) is 5.56 Å². The van der Waals surface area contributed by atoms with Crippen LogP contribution in [-0.2, 0) is 14.4 Å². The summed E-state index contributed by atoms with van der Waals surface area (Å²) in [6, 6.07) is 6.70. The van der Waals surface area contributed by atoms with Crippen LogP contribution >= 0.6 is 11.6 Å². The number of aliphatic carboxylic acids is 1. The van der Waals surface area contributed by atoms with Gasteiger partial charge in [-0.3, -0.25) is 14.4 Å². The maximum atomic E-state index is 12.8. The van der Waals surface area contributed by atoms with Gasteiger partial charge >= 0.3 is 5.97 Å². The number of likely N-dealkylation sites (tertiary alicyclic amines) is 1. The highest BCUT2D eigenvalue weighted by Crippen LogP contribution is 2.38. The van der Waals surface area contributed by atoms with Gasteiger partial charge in [0.1, 0.15) is 0 Å². The van der Waals surface area contributed by atoms with Gasteiger partial charge in [0.2, 0.25) is 11.8 Å². The number of rotatable bonds is 7. The van der Waals surface area contributed by atoms with Crippen LogP contribution in [0.1, 0.15) is 44.7 Å². The smallest absolute Gasteiger partial charge is 0.311 e. The zero-order valence-electron chi connectivity index (χ0n) is 15.3. The molecule has 1 saturated heterocycles. The van der Waals surface area contributed by atoms with E-state index in [-0.39, 0.29) is 24.8 Å². The van der Waals surface area contributed by atoms with Crippen molar-refractivity contribution in [3.05, 3.63) is 34.9 Å². The molecule has 26 heavy (non-hydrogen) atoms. The Bertz CT molecular complexity index is 703. The number of hydrogen-bond donors (Lipinski definition) is 2. The minimum atomic E-state index is -0.990. The lowest BCUT2D eigenvalue weighted by Crippen LogP contribution is -2.44. The Morgan fingerprint density at radius 3 is 2.54 bits per heavy atom. The average Bonchev–Trinajstić information content (AvgIpc) is 2.91. The topological polar surface area (TPSA) is 86.7 Å². The molecule has 0 saturated carbocycles. The van der Waals surface area contributed by atoms with E-state index in [4.69, 9.17) is 11.6 Å². The van der Waals surface area contributed by atoms with E-state index in [1.54, 1.807) is 44.0 Å². The van der Waals surface area contributed by atoms with Crippen molar-refractivity contribution in [3.8, 4) is 0 Å². The second-order valence-electron chi connectivity index (χ2n) is 6.83. The molecule has 2 N–H and O–H groups in total. The summed E-state index contributed by atoms with van der Waals surface area (Å²) in [5.74, 6) is -1.93. The lowest BCUT2D eigenvalue weighted by atomic mass is 9.82. The molecule has 1 fully saturated rings. The lowest BCUT2D eigenvalue weighted by molar-refractivity contribution is -0.149. The maximum Gasteiger partial charge on any atom is 0.311 e. The number of carboxylic acids is 1.